The number of hydrogen-bond acceptors (Lipinski definition) is 5. The van der Waals surface area contributed by atoms with E-state index in [1.54, 1.807) is 26.2 Å². The fourth-order valence-corrected chi connectivity index (χ4v) is 5.30. The highest BCUT2D eigenvalue weighted by Gasteiger charge is 2.42. The largest absolute Gasteiger partial charge is 0.344 e. The molecule has 2 aromatic rings. The Morgan fingerprint density at radius 2 is 2.12 bits per heavy atom. The number of nitrogens with one attached hydrogen (secondary N) is 2. The van der Waals surface area contributed by atoms with Gasteiger partial charge in [-0.1, -0.05) is 5.92 Å². The Hall–Kier alpha value is -2.37. The van der Waals surface area contributed by atoms with E-state index in [4.69, 9.17) is 5.41 Å². The normalized spacial score (nSPS) is 22.0. The van der Waals surface area contributed by atoms with Gasteiger partial charge in [-0.15, -0.1) is 17.3 Å². The lowest BCUT2D eigenvalue weighted by atomic mass is 10.0. The minimum absolute atomic E-state index is 0.0988. The van der Waals surface area contributed by atoms with E-state index in [9.17, 15) is 8.42 Å². The molecule has 25 heavy (non-hydrogen) atoms. The molecular weight excluding hydrogens is 356 g/mol. The molecule has 0 bridgehead atoms. The molecular formula is C17H18N4O2S2. The molecule has 3 rings (SSSR count). The topological polar surface area (TPSA) is 86.2 Å². The van der Waals surface area contributed by atoms with E-state index in [0.29, 0.717) is 0 Å². The summed E-state index contributed by atoms with van der Waals surface area (Å²) in [6.07, 6.45) is 3.47. The predicted octanol–water partition coefficient (Wildman–Crippen LogP) is 2.20. The van der Waals surface area contributed by atoms with Crippen LogP contribution in [-0.4, -0.2) is 36.5 Å². The van der Waals surface area contributed by atoms with E-state index in [-0.39, 0.29) is 11.7 Å². The molecule has 8 heteroatoms. The smallest absolute Gasteiger partial charge is 0.239 e. The minimum Gasteiger partial charge on any atom is -0.344 e. The first kappa shape index (κ1) is 17.5. The van der Waals surface area contributed by atoms with Crippen LogP contribution >= 0.6 is 11.3 Å². The van der Waals surface area contributed by atoms with E-state index in [1.807, 2.05) is 17.5 Å². The summed E-state index contributed by atoms with van der Waals surface area (Å²) in [5, 5.41) is 12.9. The van der Waals surface area contributed by atoms with Crippen molar-refractivity contribution in [2.24, 2.45) is 0 Å². The summed E-state index contributed by atoms with van der Waals surface area (Å²) in [6, 6.07) is 3.91. The van der Waals surface area contributed by atoms with Crippen LogP contribution in [0.4, 0.5) is 0 Å². The zero-order chi connectivity index (χ0) is 18.2. The molecule has 1 saturated heterocycles. The number of rotatable bonds is 2. The van der Waals surface area contributed by atoms with E-state index in [2.05, 4.69) is 22.1 Å². The molecule has 1 aliphatic heterocycles. The Kier molecular flexibility index (Phi) is 4.31. The van der Waals surface area contributed by atoms with E-state index >= 15 is 0 Å². The first-order valence-electron chi connectivity index (χ1n) is 7.56. The van der Waals surface area contributed by atoms with Gasteiger partial charge in [-0.3, -0.25) is 10.4 Å². The van der Waals surface area contributed by atoms with Gasteiger partial charge in [0.2, 0.25) is 16.0 Å². The molecule has 0 radical (unpaired) electrons. The number of aromatic nitrogens is 1. The van der Waals surface area contributed by atoms with Crippen LogP contribution in [-0.2, 0) is 15.6 Å². The number of hydrogen-bond donors (Lipinski definition) is 2. The Morgan fingerprint density at radius 3 is 2.80 bits per heavy atom. The lowest BCUT2D eigenvalue weighted by molar-refractivity contribution is 0.424. The number of sulfonamides is 1. The molecule has 1 aliphatic rings. The first-order chi connectivity index (χ1) is 11.7. The maximum atomic E-state index is 12.3. The maximum Gasteiger partial charge on any atom is 0.239 e. The Balaban J connectivity index is 1.97. The van der Waals surface area contributed by atoms with Crippen LogP contribution in [0.2, 0.25) is 0 Å². The Morgan fingerprint density at radius 1 is 1.36 bits per heavy atom. The van der Waals surface area contributed by atoms with Crippen LogP contribution in [0.3, 0.4) is 0 Å². The van der Waals surface area contributed by atoms with Gasteiger partial charge in [0.15, 0.2) is 0 Å². The highest BCUT2D eigenvalue weighted by atomic mass is 32.2. The van der Waals surface area contributed by atoms with Gasteiger partial charge >= 0.3 is 0 Å². The summed E-state index contributed by atoms with van der Waals surface area (Å²) in [4.78, 5) is 5.07. The summed E-state index contributed by atoms with van der Waals surface area (Å²) in [5.74, 6) is 5.62. The molecule has 0 unspecified atom stereocenters. The van der Waals surface area contributed by atoms with Crippen molar-refractivity contribution in [2.45, 2.75) is 19.4 Å². The number of nitrogens with zero attached hydrogens (tertiary/aromatic N) is 2. The monoisotopic (exact) mass is 374 g/mol. The summed E-state index contributed by atoms with van der Waals surface area (Å²) in [7, 11) is -2.13. The van der Waals surface area contributed by atoms with Crippen LogP contribution < -0.4 is 5.32 Å². The summed E-state index contributed by atoms with van der Waals surface area (Å²) in [6.45, 7) is 3.58. The van der Waals surface area contributed by atoms with Crippen molar-refractivity contribution < 1.29 is 8.42 Å². The molecule has 2 aromatic heterocycles. The molecule has 0 aliphatic carbocycles. The second kappa shape index (κ2) is 6.17. The van der Waals surface area contributed by atoms with Crippen molar-refractivity contribution in [2.75, 3.05) is 12.8 Å². The van der Waals surface area contributed by atoms with Gasteiger partial charge in [0.05, 0.1) is 11.3 Å². The molecule has 0 aromatic carbocycles. The molecule has 0 amide bonds. The maximum absolute atomic E-state index is 12.3. The van der Waals surface area contributed by atoms with Crippen molar-refractivity contribution in [3.63, 3.8) is 0 Å². The van der Waals surface area contributed by atoms with Crippen molar-refractivity contribution in [3.8, 4) is 23.0 Å². The van der Waals surface area contributed by atoms with Crippen molar-refractivity contribution in [1.82, 2.24) is 14.6 Å². The quantitative estimate of drug-likeness (QED) is 0.789. The number of pyridine rings is 1. The molecule has 6 nitrogen and oxygen atoms in total. The third-order valence-corrected chi connectivity index (χ3v) is 7.24. The molecule has 1 atom stereocenters. The van der Waals surface area contributed by atoms with Gasteiger partial charge in [0.25, 0.3) is 0 Å². The van der Waals surface area contributed by atoms with Crippen molar-refractivity contribution in [3.05, 3.63) is 40.3 Å². The molecule has 0 saturated carbocycles. The zero-order valence-corrected chi connectivity index (χ0v) is 15.8. The SMILES string of the molecule is CC#Cc1cncc(-c2csc([C@]3(C)CS(=O)(=O)N(C)C(=N)N3)c2)c1. The van der Waals surface area contributed by atoms with Gasteiger partial charge in [0, 0.05) is 35.4 Å². The van der Waals surface area contributed by atoms with Crippen LogP contribution in [0.25, 0.3) is 11.1 Å². The van der Waals surface area contributed by atoms with Gasteiger partial charge in [0.1, 0.15) is 0 Å². The fourth-order valence-electron chi connectivity index (χ4n) is 2.70. The number of thiophene rings is 1. The lowest BCUT2D eigenvalue weighted by Crippen LogP contribution is -2.60. The summed E-state index contributed by atoms with van der Waals surface area (Å²) < 4.78 is 25.6. The average molecular weight is 374 g/mol. The average Bonchev–Trinajstić information content (AvgIpc) is 3.04. The van der Waals surface area contributed by atoms with E-state index < -0.39 is 15.6 Å². The second-order valence-electron chi connectivity index (χ2n) is 6.07. The second-order valence-corrected chi connectivity index (χ2v) is 8.98. The van der Waals surface area contributed by atoms with Crippen LogP contribution in [0, 0.1) is 17.3 Å². The molecule has 2 N–H and O–H groups in total. The highest BCUT2D eigenvalue weighted by Crippen LogP contribution is 2.35. The van der Waals surface area contributed by atoms with Gasteiger partial charge in [-0.05, 0) is 36.9 Å². The molecule has 1 fully saturated rings. The first-order valence-corrected chi connectivity index (χ1v) is 10.0. The zero-order valence-electron chi connectivity index (χ0n) is 14.1. The fraction of sp³-hybridized carbons (Fsp3) is 0.294. The minimum atomic E-state index is -3.51. The van der Waals surface area contributed by atoms with E-state index in [0.717, 1.165) is 25.9 Å². The standard InChI is InChI=1S/C17H18N4O2S2/c1-4-5-12-6-13(9-19-8-12)14-7-15(24-10-14)17(2)11-25(22,23)21(3)16(18)20-17/h6-10H,11H2,1-3H3,(H2,18,20)/t17-/m0/s1. The summed E-state index contributed by atoms with van der Waals surface area (Å²) >= 11 is 1.47. The van der Waals surface area contributed by atoms with Crippen LogP contribution in [0.1, 0.15) is 24.3 Å². The predicted molar refractivity (Wildman–Crippen MR) is 99.9 cm³/mol. The molecule has 0 spiro atoms. The summed E-state index contributed by atoms with van der Waals surface area (Å²) in [5.41, 5.74) is 1.88. The van der Waals surface area contributed by atoms with Crippen molar-refractivity contribution >= 4 is 27.3 Å². The van der Waals surface area contributed by atoms with Gasteiger partial charge in [-0.2, -0.15) is 0 Å². The highest BCUT2D eigenvalue weighted by molar-refractivity contribution is 7.89. The van der Waals surface area contributed by atoms with Crippen LogP contribution in [0.5, 0.6) is 0 Å². The van der Waals surface area contributed by atoms with Gasteiger partial charge < -0.3 is 5.32 Å². The molecule has 3 heterocycles. The third-order valence-electron chi connectivity index (χ3n) is 4.08. The molecule has 130 valence electrons. The number of guanidine groups is 1. The van der Waals surface area contributed by atoms with Gasteiger partial charge in [-0.25, -0.2) is 12.7 Å². The Bertz CT molecular complexity index is 1000. The third kappa shape index (κ3) is 3.25. The Labute approximate surface area is 151 Å². The van der Waals surface area contributed by atoms with E-state index in [1.165, 1.54) is 18.4 Å². The van der Waals surface area contributed by atoms with Crippen molar-refractivity contribution in [1.29, 1.82) is 5.41 Å². The lowest BCUT2D eigenvalue weighted by Gasteiger charge is -2.39. The van der Waals surface area contributed by atoms with Crippen LogP contribution in [0.15, 0.2) is 29.9 Å².